The Morgan fingerprint density at radius 3 is 2.86 bits per heavy atom. The van der Waals surface area contributed by atoms with E-state index in [1.165, 1.54) is 23.3 Å². The van der Waals surface area contributed by atoms with E-state index in [-0.39, 0.29) is 18.9 Å². The van der Waals surface area contributed by atoms with Gasteiger partial charge >= 0.3 is 7.32 Å². The minimum absolute atomic E-state index is 0.185. The fourth-order valence-corrected chi connectivity index (χ4v) is 2.26. The van der Waals surface area contributed by atoms with Crippen molar-refractivity contribution in [2.24, 2.45) is 0 Å². The van der Waals surface area contributed by atoms with Gasteiger partial charge in [-0.3, -0.25) is 9.59 Å². The number of nitrogens with zero attached hydrogens (tertiary/aromatic N) is 1. The molecular weight excluding hydrogens is 295 g/mol. The number of carbonyl (C=O) groups excluding carboxylic acids is 2. The summed E-state index contributed by atoms with van der Waals surface area (Å²) in [4.78, 5) is 24.3. The van der Waals surface area contributed by atoms with Crippen LogP contribution in [0.4, 0.5) is 0 Å². The average molecular weight is 312 g/mol. The van der Waals surface area contributed by atoms with Crippen LogP contribution in [0, 0.1) is 0 Å². The van der Waals surface area contributed by atoms with Crippen molar-refractivity contribution in [1.82, 2.24) is 10.2 Å². The lowest BCUT2D eigenvalue weighted by Crippen LogP contribution is -2.46. The van der Waals surface area contributed by atoms with Gasteiger partial charge in [-0.1, -0.05) is 6.58 Å². The molecule has 1 atom stereocenters. The molecule has 3 N–H and O–H groups in total. The second kappa shape index (κ2) is 8.58. The van der Waals surface area contributed by atoms with Gasteiger partial charge in [-0.15, -0.1) is 0 Å². The molecule has 0 aliphatic carbocycles. The van der Waals surface area contributed by atoms with Gasteiger partial charge in [-0.25, -0.2) is 0 Å². The summed E-state index contributed by atoms with van der Waals surface area (Å²) in [5, 5.41) is 24.0. The SMILES string of the molecule is C=CC(=O)N(C)CC(=O)N[C@@H](Cc1ccsc1)OB(O)O. The maximum absolute atomic E-state index is 11.8. The fraction of sp³-hybridized carbons (Fsp3) is 0.333. The lowest BCUT2D eigenvalue weighted by atomic mass is 10.2. The molecule has 1 aromatic rings. The quantitative estimate of drug-likeness (QED) is 0.337. The van der Waals surface area contributed by atoms with Crippen molar-refractivity contribution in [1.29, 1.82) is 0 Å². The highest BCUT2D eigenvalue weighted by Gasteiger charge is 2.21. The molecule has 21 heavy (non-hydrogen) atoms. The minimum atomic E-state index is -2.00. The van der Waals surface area contributed by atoms with Crippen LogP contribution in [0.25, 0.3) is 0 Å². The molecular formula is C12H17BN2O5S. The molecule has 1 rings (SSSR count). The number of nitrogens with one attached hydrogen (secondary N) is 1. The lowest BCUT2D eigenvalue weighted by molar-refractivity contribution is -0.132. The summed E-state index contributed by atoms with van der Waals surface area (Å²) in [6, 6.07) is 1.84. The van der Waals surface area contributed by atoms with E-state index in [1.54, 1.807) is 0 Å². The summed E-state index contributed by atoms with van der Waals surface area (Å²) in [7, 11) is -0.541. The Labute approximate surface area is 127 Å². The Morgan fingerprint density at radius 1 is 1.62 bits per heavy atom. The zero-order chi connectivity index (χ0) is 15.8. The first-order valence-corrected chi connectivity index (χ1v) is 7.06. The molecule has 9 heteroatoms. The van der Waals surface area contributed by atoms with E-state index in [0.717, 1.165) is 11.6 Å². The molecule has 0 fully saturated rings. The monoisotopic (exact) mass is 312 g/mol. The molecule has 1 heterocycles. The van der Waals surface area contributed by atoms with Gasteiger partial charge in [0.15, 0.2) is 0 Å². The predicted molar refractivity (Wildman–Crippen MR) is 79.1 cm³/mol. The van der Waals surface area contributed by atoms with Crippen LogP contribution < -0.4 is 5.32 Å². The van der Waals surface area contributed by atoms with Crippen LogP contribution in [-0.4, -0.2) is 53.9 Å². The van der Waals surface area contributed by atoms with Crippen molar-refractivity contribution in [3.8, 4) is 0 Å². The van der Waals surface area contributed by atoms with Crippen molar-refractivity contribution in [2.45, 2.75) is 12.6 Å². The van der Waals surface area contributed by atoms with E-state index < -0.39 is 19.5 Å². The summed E-state index contributed by atoms with van der Waals surface area (Å²) in [5.41, 5.74) is 0.890. The van der Waals surface area contributed by atoms with Crippen molar-refractivity contribution >= 4 is 30.5 Å². The molecule has 0 aliphatic heterocycles. The number of likely N-dealkylation sites (N-methyl/N-ethyl adjacent to an activating group) is 1. The third-order valence-electron chi connectivity index (χ3n) is 2.54. The van der Waals surface area contributed by atoms with Crippen LogP contribution in [0.5, 0.6) is 0 Å². The average Bonchev–Trinajstić information content (AvgIpc) is 2.89. The van der Waals surface area contributed by atoms with Crippen LogP contribution in [-0.2, 0) is 20.7 Å². The third kappa shape index (κ3) is 6.54. The maximum Gasteiger partial charge on any atom is 0.635 e. The standard InChI is InChI=1S/C12H17BN2O5S/c1-3-12(17)15(2)7-10(16)14-11(20-13(18)19)6-9-4-5-21-8-9/h3-5,8,11,18-19H,1,6-7H2,2H3,(H,14,16)/t11-/m1/s1. The minimum Gasteiger partial charge on any atom is -0.402 e. The molecule has 0 bridgehead atoms. The molecule has 0 unspecified atom stereocenters. The van der Waals surface area contributed by atoms with Gasteiger partial charge in [-0.05, 0) is 28.5 Å². The van der Waals surface area contributed by atoms with Crippen molar-refractivity contribution in [3.63, 3.8) is 0 Å². The highest BCUT2D eigenvalue weighted by molar-refractivity contribution is 7.07. The molecule has 0 spiro atoms. The molecule has 0 saturated carbocycles. The molecule has 0 radical (unpaired) electrons. The van der Waals surface area contributed by atoms with E-state index in [4.69, 9.17) is 14.7 Å². The number of carbonyl (C=O) groups is 2. The van der Waals surface area contributed by atoms with E-state index in [2.05, 4.69) is 11.9 Å². The summed E-state index contributed by atoms with van der Waals surface area (Å²) >= 11 is 1.48. The Hall–Kier alpha value is -1.68. The van der Waals surface area contributed by atoms with Crippen LogP contribution in [0.3, 0.4) is 0 Å². The molecule has 2 amide bonds. The molecule has 0 aliphatic rings. The number of hydrogen-bond acceptors (Lipinski definition) is 6. The van der Waals surface area contributed by atoms with Gasteiger partial charge in [0.05, 0.1) is 6.54 Å². The molecule has 7 nitrogen and oxygen atoms in total. The smallest absolute Gasteiger partial charge is 0.402 e. The first-order chi connectivity index (χ1) is 9.92. The molecule has 0 aromatic carbocycles. The molecule has 114 valence electrons. The van der Waals surface area contributed by atoms with E-state index >= 15 is 0 Å². The van der Waals surface area contributed by atoms with Gasteiger partial charge in [0, 0.05) is 13.5 Å². The second-order valence-corrected chi connectivity index (χ2v) is 5.03. The van der Waals surface area contributed by atoms with Crippen LogP contribution >= 0.6 is 11.3 Å². The predicted octanol–water partition coefficient (Wildman–Crippen LogP) is -0.637. The normalized spacial score (nSPS) is 11.6. The summed E-state index contributed by atoms with van der Waals surface area (Å²) < 4.78 is 4.82. The van der Waals surface area contributed by atoms with Crippen LogP contribution in [0.15, 0.2) is 29.5 Å². The van der Waals surface area contributed by atoms with Gasteiger partial charge in [0.1, 0.15) is 6.23 Å². The van der Waals surface area contributed by atoms with E-state index in [0.29, 0.717) is 0 Å². The number of hydrogen-bond donors (Lipinski definition) is 3. The second-order valence-electron chi connectivity index (χ2n) is 4.25. The van der Waals surface area contributed by atoms with Gasteiger partial charge in [-0.2, -0.15) is 11.3 Å². The zero-order valence-corrected chi connectivity index (χ0v) is 12.4. The topological polar surface area (TPSA) is 99.1 Å². The van der Waals surface area contributed by atoms with Crippen molar-refractivity contribution < 1.29 is 24.3 Å². The van der Waals surface area contributed by atoms with E-state index in [1.807, 2.05) is 16.8 Å². The van der Waals surface area contributed by atoms with Crippen LogP contribution in [0.1, 0.15) is 5.56 Å². The van der Waals surface area contributed by atoms with Crippen molar-refractivity contribution in [3.05, 3.63) is 35.0 Å². The van der Waals surface area contributed by atoms with Crippen molar-refractivity contribution in [2.75, 3.05) is 13.6 Å². The number of rotatable bonds is 8. The van der Waals surface area contributed by atoms with Crippen LogP contribution in [0.2, 0.25) is 0 Å². The Morgan fingerprint density at radius 2 is 2.33 bits per heavy atom. The first-order valence-electron chi connectivity index (χ1n) is 6.12. The number of thiophene rings is 1. The summed E-state index contributed by atoms with van der Waals surface area (Å²) in [5.74, 6) is -0.865. The van der Waals surface area contributed by atoms with Gasteiger partial charge < -0.3 is 24.9 Å². The summed E-state index contributed by atoms with van der Waals surface area (Å²) in [6.45, 7) is 3.14. The maximum atomic E-state index is 11.8. The van der Waals surface area contributed by atoms with E-state index in [9.17, 15) is 9.59 Å². The highest BCUT2D eigenvalue weighted by atomic mass is 32.1. The Balaban J connectivity index is 2.57. The largest absolute Gasteiger partial charge is 0.635 e. The Kier molecular flexibility index (Phi) is 7.10. The highest BCUT2D eigenvalue weighted by Crippen LogP contribution is 2.09. The fourth-order valence-electron chi connectivity index (χ4n) is 1.58. The van der Waals surface area contributed by atoms with Gasteiger partial charge in [0.25, 0.3) is 0 Å². The molecule has 1 aromatic heterocycles. The Bertz CT molecular complexity index is 480. The molecule has 0 saturated heterocycles. The lowest BCUT2D eigenvalue weighted by Gasteiger charge is -2.21. The first kappa shape index (κ1) is 17.4. The summed E-state index contributed by atoms with van der Waals surface area (Å²) in [6.07, 6.45) is 0.482. The van der Waals surface area contributed by atoms with Gasteiger partial charge in [0.2, 0.25) is 11.8 Å². The zero-order valence-electron chi connectivity index (χ0n) is 11.6. The number of amides is 2. The third-order valence-corrected chi connectivity index (χ3v) is 3.27.